The van der Waals surface area contributed by atoms with E-state index in [9.17, 15) is 0 Å². The summed E-state index contributed by atoms with van der Waals surface area (Å²) in [5.74, 6) is 1.23. The Morgan fingerprint density at radius 1 is 1.35 bits per heavy atom. The van der Waals surface area contributed by atoms with Crippen LogP contribution >= 0.6 is 0 Å². The standard InChI is InChI=1S/C10H21N5O2/c1-9(8-17-3)7-15-10(12-13-14-15)6-11-4-5-16-2/h9,11H,4-8H2,1-3H3. The molecule has 1 aromatic heterocycles. The molecule has 0 fully saturated rings. The van der Waals surface area contributed by atoms with Crippen LogP contribution in [0.1, 0.15) is 12.7 Å². The van der Waals surface area contributed by atoms with Crippen LogP contribution in [0.2, 0.25) is 0 Å². The minimum atomic E-state index is 0.390. The largest absolute Gasteiger partial charge is 0.384 e. The monoisotopic (exact) mass is 243 g/mol. The van der Waals surface area contributed by atoms with Crippen LogP contribution in [0.15, 0.2) is 0 Å². The SMILES string of the molecule is COCCNCc1nnnn1CC(C)COC. The van der Waals surface area contributed by atoms with Gasteiger partial charge in [0.25, 0.3) is 0 Å². The van der Waals surface area contributed by atoms with Crippen LogP contribution in [0.25, 0.3) is 0 Å². The molecule has 1 heterocycles. The van der Waals surface area contributed by atoms with Crippen molar-refractivity contribution in [3.63, 3.8) is 0 Å². The fourth-order valence-electron chi connectivity index (χ4n) is 1.50. The lowest BCUT2D eigenvalue weighted by molar-refractivity contribution is 0.148. The van der Waals surface area contributed by atoms with E-state index < -0.39 is 0 Å². The molecule has 0 saturated heterocycles. The highest BCUT2D eigenvalue weighted by atomic mass is 16.5. The molecule has 98 valence electrons. The molecule has 0 aliphatic heterocycles. The first-order valence-electron chi connectivity index (χ1n) is 5.71. The van der Waals surface area contributed by atoms with Crippen molar-refractivity contribution in [2.45, 2.75) is 20.0 Å². The Hall–Kier alpha value is -1.05. The van der Waals surface area contributed by atoms with Gasteiger partial charge < -0.3 is 14.8 Å². The van der Waals surface area contributed by atoms with E-state index in [1.54, 1.807) is 14.2 Å². The molecule has 0 saturated carbocycles. The molecule has 0 bridgehead atoms. The van der Waals surface area contributed by atoms with Crippen LogP contribution in [0.5, 0.6) is 0 Å². The van der Waals surface area contributed by atoms with Crippen LogP contribution < -0.4 is 5.32 Å². The van der Waals surface area contributed by atoms with Gasteiger partial charge in [-0.15, -0.1) is 5.10 Å². The second kappa shape index (κ2) is 8.10. The minimum Gasteiger partial charge on any atom is -0.384 e. The lowest BCUT2D eigenvalue weighted by atomic mass is 10.2. The summed E-state index contributed by atoms with van der Waals surface area (Å²) in [6.45, 7) is 5.69. The summed E-state index contributed by atoms with van der Waals surface area (Å²) >= 11 is 0. The Kier molecular flexibility index (Phi) is 6.68. The maximum atomic E-state index is 5.09. The molecule has 0 amide bonds. The smallest absolute Gasteiger partial charge is 0.165 e. The number of nitrogens with one attached hydrogen (secondary N) is 1. The average molecular weight is 243 g/mol. The van der Waals surface area contributed by atoms with Gasteiger partial charge in [-0.05, 0) is 16.3 Å². The van der Waals surface area contributed by atoms with E-state index in [0.717, 1.165) is 18.9 Å². The third-order valence-corrected chi connectivity index (χ3v) is 2.31. The molecule has 0 aliphatic rings. The van der Waals surface area contributed by atoms with Gasteiger partial charge in [-0.2, -0.15) is 0 Å². The van der Waals surface area contributed by atoms with Crippen LogP contribution in [0.3, 0.4) is 0 Å². The average Bonchev–Trinajstić information content (AvgIpc) is 2.72. The van der Waals surface area contributed by atoms with Gasteiger partial charge in [-0.1, -0.05) is 6.92 Å². The zero-order chi connectivity index (χ0) is 12.5. The molecular formula is C10H21N5O2. The highest BCUT2D eigenvalue weighted by Crippen LogP contribution is 2.01. The normalized spacial score (nSPS) is 12.9. The van der Waals surface area contributed by atoms with Gasteiger partial charge >= 0.3 is 0 Å². The van der Waals surface area contributed by atoms with Gasteiger partial charge in [0, 0.05) is 27.3 Å². The van der Waals surface area contributed by atoms with Crippen molar-refractivity contribution in [3.8, 4) is 0 Å². The Bertz CT molecular complexity index is 305. The van der Waals surface area contributed by atoms with Crippen molar-refractivity contribution in [1.82, 2.24) is 25.5 Å². The van der Waals surface area contributed by atoms with E-state index in [2.05, 4.69) is 27.8 Å². The zero-order valence-electron chi connectivity index (χ0n) is 10.7. The fourth-order valence-corrected chi connectivity index (χ4v) is 1.50. The number of aromatic nitrogens is 4. The predicted octanol–water partition coefficient (Wildman–Crippen LogP) is -0.308. The van der Waals surface area contributed by atoms with E-state index in [0.29, 0.717) is 25.7 Å². The third-order valence-electron chi connectivity index (χ3n) is 2.31. The molecule has 0 spiro atoms. The van der Waals surface area contributed by atoms with E-state index in [-0.39, 0.29) is 0 Å². The van der Waals surface area contributed by atoms with Crippen molar-refractivity contribution in [1.29, 1.82) is 0 Å². The Morgan fingerprint density at radius 3 is 2.88 bits per heavy atom. The van der Waals surface area contributed by atoms with E-state index >= 15 is 0 Å². The maximum Gasteiger partial charge on any atom is 0.165 e. The highest BCUT2D eigenvalue weighted by Gasteiger charge is 2.09. The van der Waals surface area contributed by atoms with E-state index in [4.69, 9.17) is 9.47 Å². The van der Waals surface area contributed by atoms with Crippen molar-refractivity contribution >= 4 is 0 Å². The molecule has 1 aromatic rings. The summed E-state index contributed by atoms with van der Waals surface area (Å²) in [6, 6.07) is 0. The Labute approximate surface area is 101 Å². The number of rotatable bonds is 9. The zero-order valence-corrected chi connectivity index (χ0v) is 10.7. The molecule has 1 unspecified atom stereocenters. The molecule has 7 heteroatoms. The molecule has 1 rings (SSSR count). The molecule has 1 N–H and O–H groups in total. The maximum absolute atomic E-state index is 5.09. The highest BCUT2D eigenvalue weighted by molar-refractivity contribution is 4.80. The van der Waals surface area contributed by atoms with Crippen molar-refractivity contribution in [2.24, 2.45) is 5.92 Å². The Balaban J connectivity index is 2.37. The molecule has 7 nitrogen and oxygen atoms in total. The second-order valence-corrected chi connectivity index (χ2v) is 4.01. The lowest BCUT2D eigenvalue weighted by Crippen LogP contribution is -2.23. The number of methoxy groups -OCH3 is 2. The van der Waals surface area contributed by atoms with Gasteiger partial charge in [-0.3, -0.25) is 0 Å². The lowest BCUT2D eigenvalue weighted by Gasteiger charge is -2.11. The van der Waals surface area contributed by atoms with Crippen molar-refractivity contribution in [3.05, 3.63) is 5.82 Å². The van der Waals surface area contributed by atoms with E-state index in [1.165, 1.54) is 0 Å². The summed E-state index contributed by atoms with van der Waals surface area (Å²) in [4.78, 5) is 0. The topological polar surface area (TPSA) is 74.1 Å². The van der Waals surface area contributed by atoms with Gasteiger partial charge in [0.15, 0.2) is 5.82 Å². The van der Waals surface area contributed by atoms with Crippen LogP contribution in [0.4, 0.5) is 0 Å². The molecule has 0 radical (unpaired) electrons. The number of tetrazole rings is 1. The van der Waals surface area contributed by atoms with Gasteiger partial charge in [0.2, 0.25) is 0 Å². The predicted molar refractivity (Wildman–Crippen MR) is 62.4 cm³/mol. The molecule has 1 atom stereocenters. The fraction of sp³-hybridized carbons (Fsp3) is 0.900. The van der Waals surface area contributed by atoms with Crippen molar-refractivity contribution < 1.29 is 9.47 Å². The first-order chi connectivity index (χ1) is 8.27. The minimum absolute atomic E-state index is 0.390. The summed E-state index contributed by atoms with van der Waals surface area (Å²) in [7, 11) is 3.38. The summed E-state index contributed by atoms with van der Waals surface area (Å²) < 4.78 is 11.9. The number of ether oxygens (including phenoxy) is 2. The van der Waals surface area contributed by atoms with Crippen molar-refractivity contribution in [2.75, 3.05) is 34.0 Å². The van der Waals surface area contributed by atoms with E-state index in [1.807, 2.05) is 4.68 Å². The first kappa shape index (κ1) is 14.0. The van der Waals surface area contributed by atoms with Gasteiger partial charge in [0.05, 0.1) is 19.8 Å². The number of hydrogen-bond donors (Lipinski definition) is 1. The van der Waals surface area contributed by atoms with Gasteiger partial charge in [-0.25, -0.2) is 4.68 Å². The Morgan fingerprint density at radius 2 is 2.18 bits per heavy atom. The second-order valence-electron chi connectivity index (χ2n) is 4.01. The number of hydrogen-bond acceptors (Lipinski definition) is 6. The molecule has 0 aromatic carbocycles. The molecule has 17 heavy (non-hydrogen) atoms. The molecular weight excluding hydrogens is 222 g/mol. The first-order valence-corrected chi connectivity index (χ1v) is 5.71. The van der Waals surface area contributed by atoms with Crippen LogP contribution in [-0.2, 0) is 22.6 Å². The summed E-state index contributed by atoms with van der Waals surface area (Å²) in [6.07, 6.45) is 0. The van der Waals surface area contributed by atoms with Gasteiger partial charge in [0.1, 0.15) is 0 Å². The summed E-state index contributed by atoms with van der Waals surface area (Å²) in [5, 5.41) is 14.9. The quantitative estimate of drug-likeness (QED) is 0.600. The third kappa shape index (κ3) is 5.20. The number of nitrogens with zero attached hydrogens (tertiary/aromatic N) is 4. The summed E-state index contributed by atoms with van der Waals surface area (Å²) in [5.41, 5.74) is 0. The molecule has 0 aliphatic carbocycles. The van der Waals surface area contributed by atoms with Crippen LogP contribution in [-0.4, -0.2) is 54.2 Å². The van der Waals surface area contributed by atoms with Crippen LogP contribution in [0, 0.1) is 5.92 Å².